The van der Waals surface area contributed by atoms with Crippen LogP contribution in [0.4, 0.5) is 0 Å². The molecule has 1 aliphatic heterocycles. The lowest BCUT2D eigenvalue weighted by atomic mass is 9.86. The van der Waals surface area contributed by atoms with Crippen molar-refractivity contribution in [3.05, 3.63) is 93.8 Å². The molecule has 2 heterocycles. The lowest BCUT2D eigenvalue weighted by Gasteiger charge is -2.33. The number of ether oxygens (including phenoxy) is 1. The van der Waals surface area contributed by atoms with E-state index in [0.717, 1.165) is 16.0 Å². The third kappa shape index (κ3) is 11.4. The van der Waals surface area contributed by atoms with E-state index in [4.69, 9.17) is 27.2 Å². The summed E-state index contributed by atoms with van der Waals surface area (Å²) in [5.41, 5.74) is 22.2. The highest BCUT2D eigenvalue weighted by Crippen LogP contribution is 2.41. The maximum Gasteiger partial charge on any atom is 0.255 e. The molecular weight excluding hydrogens is 831 g/mol. The Hall–Kier alpha value is -6.94. The van der Waals surface area contributed by atoms with Gasteiger partial charge in [0.25, 0.3) is 5.91 Å². The molecule has 4 unspecified atom stereocenters. The second kappa shape index (κ2) is 21.2. The summed E-state index contributed by atoms with van der Waals surface area (Å²) in [6.45, 7) is 10.9. The number of nitriles is 1. The summed E-state index contributed by atoms with van der Waals surface area (Å²) >= 11 is 0. The van der Waals surface area contributed by atoms with Gasteiger partial charge in [0.2, 0.25) is 23.6 Å². The molecule has 4 atom stereocenters. The minimum atomic E-state index is -1.50. The molecule has 0 spiro atoms. The predicted octanol–water partition coefficient (Wildman–Crippen LogP) is 2.06. The number of nitrogens with two attached hydrogens (primary N) is 3. The fourth-order valence-electron chi connectivity index (χ4n) is 7.67. The van der Waals surface area contributed by atoms with Gasteiger partial charge in [-0.1, -0.05) is 51.1 Å². The zero-order chi connectivity index (χ0) is 47.7. The minimum absolute atomic E-state index is 0.0255. The molecule has 0 aliphatic carbocycles. The number of nitrogens with zero attached hydrogens (tertiary/aromatic N) is 4. The number of likely N-dealkylation sites (N-methyl/N-ethyl adjacent to an activating group) is 1. The van der Waals surface area contributed by atoms with Crippen molar-refractivity contribution in [2.75, 3.05) is 33.3 Å². The molecule has 4 aromatic rings. The number of hydrogen-bond acceptors (Lipinski definition) is 13. The van der Waals surface area contributed by atoms with Crippen molar-refractivity contribution in [1.82, 2.24) is 36.1 Å². The normalized spacial score (nSPS) is 16.8. The molecule has 3 aromatic carbocycles. The lowest BCUT2D eigenvalue weighted by molar-refractivity contribution is -0.141. The van der Waals surface area contributed by atoms with Crippen LogP contribution in [0.1, 0.15) is 84.2 Å². The van der Waals surface area contributed by atoms with Crippen LogP contribution in [0.15, 0.2) is 54.6 Å². The van der Waals surface area contributed by atoms with Crippen molar-refractivity contribution >= 4 is 29.5 Å². The summed E-state index contributed by atoms with van der Waals surface area (Å²) in [7, 11) is 1.37. The van der Waals surface area contributed by atoms with Crippen LogP contribution in [0.25, 0.3) is 22.5 Å². The Bertz CT molecular complexity index is 2460. The standard InChI is InChI=1S/C47H59N11O7/c1-25-38(26(2)54-41(53-25)29-9-11-32(12-10-29)47(4,5)6)44(62)56-35(14-15-48)46(64)58(7)39-30-22-31(24-51)40(59)34(23-30)33-20-28(8-13-37(33)65-19-17-50)21-36(43(61)52-18-16-49)57-42(60)27(3)55-45(39)63/h8-13,20,22-23,27,35-36,39,59H,14-15,17-19,21,24,48,50-51H2,1-7H3,(H,52,61)(H,55,63)(H,56,62)(H,57,60). The first-order chi connectivity index (χ1) is 30.8. The number of rotatable bonds is 13. The largest absolute Gasteiger partial charge is 0.507 e. The van der Waals surface area contributed by atoms with Gasteiger partial charge in [0.15, 0.2) is 5.82 Å². The number of aromatic nitrogens is 2. The Balaban J connectivity index is 1.57. The molecule has 1 aliphatic rings. The van der Waals surface area contributed by atoms with E-state index in [9.17, 15) is 29.1 Å². The van der Waals surface area contributed by atoms with Crippen LogP contribution >= 0.6 is 0 Å². The van der Waals surface area contributed by atoms with Gasteiger partial charge in [0, 0.05) is 48.8 Å². The summed E-state index contributed by atoms with van der Waals surface area (Å²) in [4.78, 5) is 80.8. The van der Waals surface area contributed by atoms with E-state index in [0.29, 0.717) is 34.1 Å². The maximum absolute atomic E-state index is 14.7. The first-order valence-electron chi connectivity index (χ1n) is 21.3. The highest BCUT2D eigenvalue weighted by molar-refractivity contribution is 6.00. The number of hydrogen-bond donors (Lipinski definition) is 8. The number of phenols is 1. The van der Waals surface area contributed by atoms with E-state index >= 15 is 0 Å². The van der Waals surface area contributed by atoms with Crippen LogP contribution < -0.4 is 43.2 Å². The van der Waals surface area contributed by atoms with Gasteiger partial charge in [-0.05, 0) is 80.1 Å². The number of carbonyl (C=O) groups excluding carboxylic acids is 5. The van der Waals surface area contributed by atoms with Gasteiger partial charge in [0.1, 0.15) is 48.8 Å². The Morgan fingerprint density at radius 2 is 1.65 bits per heavy atom. The minimum Gasteiger partial charge on any atom is -0.507 e. The summed E-state index contributed by atoms with van der Waals surface area (Å²) in [5, 5.41) is 31.5. The molecule has 0 radical (unpaired) electrons. The van der Waals surface area contributed by atoms with Crippen LogP contribution in [-0.2, 0) is 37.6 Å². The van der Waals surface area contributed by atoms with Crippen molar-refractivity contribution in [2.45, 2.75) is 90.5 Å². The smallest absolute Gasteiger partial charge is 0.255 e. The summed E-state index contributed by atoms with van der Waals surface area (Å²) in [5.74, 6) is -3.04. The van der Waals surface area contributed by atoms with Crippen molar-refractivity contribution in [3.8, 4) is 40.1 Å². The molecule has 65 heavy (non-hydrogen) atoms. The second-order valence-corrected chi connectivity index (χ2v) is 17.0. The van der Waals surface area contributed by atoms with Gasteiger partial charge in [-0.3, -0.25) is 24.0 Å². The van der Waals surface area contributed by atoms with E-state index in [2.05, 4.69) is 52.0 Å². The number of nitrogens with one attached hydrogen (secondary N) is 4. The van der Waals surface area contributed by atoms with Crippen LogP contribution in [0.3, 0.4) is 0 Å². The van der Waals surface area contributed by atoms with E-state index in [1.165, 1.54) is 26.1 Å². The fourth-order valence-corrected chi connectivity index (χ4v) is 7.67. The van der Waals surface area contributed by atoms with Gasteiger partial charge < -0.3 is 53.2 Å². The van der Waals surface area contributed by atoms with E-state index < -0.39 is 53.7 Å². The maximum atomic E-state index is 14.7. The molecule has 5 amide bonds. The van der Waals surface area contributed by atoms with Crippen LogP contribution in [0.2, 0.25) is 0 Å². The molecule has 0 saturated heterocycles. The predicted molar refractivity (Wildman–Crippen MR) is 244 cm³/mol. The monoisotopic (exact) mass is 889 g/mol. The highest BCUT2D eigenvalue weighted by atomic mass is 16.5. The molecule has 11 N–H and O–H groups in total. The summed E-state index contributed by atoms with van der Waals surface area (Å²) < 4.78 is 5.99. The van der Waals surface area contributed by atoms with E-state index in [-0.39, 0.29) is 79.0 Å². The number of amides is 5. The van der Waals surface area contributed by atoms with E-state index in [1.54, 1.807) is 32.0 Å². The Morgan fingerprint density at radius 3 is 2.25 bits per heavy atom. The number of carbonyl (C=O) groups is 5. The number of phenolic OH excluding ortho intramolecular Hbond substituents is 1. The molecule has 18 heteroatoms. The molecule has 18 nitrogen and oxygen atoms in total. The average molecular weight is 890 g/mol. The Kier molecular flexibility index (Phi) is 16.0. The fraction of sp³-hybridized carbons (Fsp3) is 0.404. The molecule has 4 bridgehead atoms. The van der Waals surface area contributed by atoms with Gasteiger partial charge in [-0.15, -0.1) is 0 Å². The van der Waals surface area contributed by atoms with Crippen LogP contribution in [-0.4, -0.2) is 101 Å². The Morgan fingerprint density at radius 1 is 0.969 bits per heavy atom. The molecule has 1 aromatic heterocycles. The average Bonchev–Trinajstić information content (AvgIpc) is 3.26. The zero-order valence-corrected chi connectivity index (χ0v) is 37.9. The third-order valence-electron chi connectivity index (χ3n) is 11.2. The molecule has 0 fully saturated rings. The SMILES string of the molecule is Cc1nc(-c2ccc(C(C)(C)C)cc2)nc(C)c1C(=O)NC(CCN)C(=O)N(C)C1C(=O)NC(C)C(=O)NC(C(=O)NCC#N)Cc2ccc(OCCN)c(c2)-c2cc1cc(CN)c2O. The molecule has 344 valence electrons. The summed E-state index contributed by atoms with van der Waals surface area (Å²) in [6.07, 6.45) is -0.0785. The van der Waals surface area contributed by atoms with Gasteiger partial charge in [-0.25, -0.2) is 9.97 Å². The molecular formula is C47H59N11O7. The quantitative estimate of drug-likeness (QED) is 0.0894. The summed E-state index contributed by atoms with van der Waals surface area (Å²) in [6, 6.07) is 12.5. The Labute approximate surface area is 378 Å². The molecule has 5 rings (SSSR count). The highest BCUT2D eigenvalue weighted by Gasteiger charge is 2.37. The van der Waals surface area contributed by atoms with Crippen LogP contribution in [0, 0.1) is 25.2 Å². The van der Waals surface area contributed by atoms with Crippen molar-refractivity contribution in [1.29, 1.82) is 5.26 Å². The topological polar surface area (TPSA) is 294 Å². The lowest BCUT2D eigenvalue weighted by Crippen LogP contribution is -2.56. The number of fused-ring (bicyclic) bond motifs is 5. The third-order valence-corrected chi connectivity index (χ3v) is 11.2. The molecule has 0 saturated carbocycles. The van der Waals surface area contributed by atoms with Gasteiger partial charge in [-0.2, -0.15) is 5.26 Å². The number of aromatic hydroxyl groups is 1. The van der Waals surface area contributed by atoms with Gasteiger partial charge >= 0.3 is 0 Å². The first kappa shape index (κ1) is 49.1. The van der Waals surface area contributed by atoms with Crippen molar-refractivity contribution in [2.24, 2.45) is 17.2 Å². The first-order valence-corrected chi connectivity index (χ1v) is 21.3. The van der Waals surface area contributed by atoms with Crippen LogP contribution in [0.5, 0.6) is 11.5 Å². The van der Waals surface area contributed by atoms with Gasteiger partial charge in [0.05, 0.1) is 23.0 Å². The number of aryl methyl sites for hydroxylation is 2. The number of benzene rings is 3. The van der Waals surface area contributed by atoms with Crippen molar-refractivity contribution < 1.29 is 33.8 Å². The second-order valence-electron chi connectivity index (χ2n) is 17.0. The zero-order valence-electron chi connectivity index (χ0n) is 37.9. The van der Waals surface area contributed by atoms with E-state index in [1.807, 2.05) is 30.3 Å². The van der Waals surface area contributed by atoms with Crippen molar-refractivity contribution in [3.63, 3.8) is 0 Å².